The van der Waals surface area contributed by atoms with Gasteiger partial charge in [-0.3, -0.25) is 0 Å². The summed E-state index contributed by atoms with van der Waals surface area (Å²) < 4.78 is 33.9. The van der Waals surface area contributed by atoms with Crippen LogP contribution in [-0.4, -0.2) is 14.7 Å². The molecule has 0 fully saturated rings. The van der Waals surface area contributed by atoms with Gasteiger partial charge in [-0.1, -0.05) is 20.3 Å². The minimum absolute atomic E-state index is 0.138. The normalized spacial score (nSPS) is 10.3. The molecule has 0 aromatic heterocycles. The van der Waals surface area contributed by atoms with Crippen molar-refractivity contribution >= 4 is 9.84 Å². The van der Waals surface area contributed by atoms with Crippen molar-refractivity contribution in [2.75, 3.05) is 6.26 Å². The van der Waals surface area contributed by atoms with Crippen LogP contribution in [-0.2, 0) is 9.84 Å². The Kier molecular flexibility index (Phi) is 5.38. The fourth-order valence-corrected chi connectivity index (χ4v) is 1.31. The predicted molar refractivity (Wildman–Crippen MR) is 55.5 cm³/mol. The maximum Gasteiger partial charge on any atom is 0.175 e. The van der Waals surface area contributed by atoms with Gasteiger partial charge in [-0.25, -0.2) is 12.8 Å². The molecule has 1 rings (SSSR count). The summed E-state index contributed by atoms with van der Waals surface area (Å²) in [7, 11) is -3.19. The van der Waals surface area contributed by atoms with Crippen LogP contribution in [0.2, 0.25) is 0 Å². The molecule has 0 radical (unpaired) electrons. The molecule has 0 aliphatic heterocycles. The lowest BCUT2D eigenvalue weighted by Crippen LogP contribution is -1.96. The minimum atomic E-state index is -3.19. The fourth-order valence-electron chi connectivity index (χ4n) is 0.682. The summed E-state index contributed by atoms with van der Waals surface area (Å²) in [5.74, 6) is -0.433. The van der Waals surface area contributed by atoms with E-state index >= 15 is 0 Å². The van der Waals surface area contributed by atoms with E-state index in [9.17, 15) is 12.8 Å². The Bertz CT molecular complexity index is 354. The highest BCUT2D eigenvalue weighted by atomic mass is 32.2. The number of hydrogen-bond acceptors (Lipinski definition) is 2. The molecular weight excluding hydrogens is 203 g/mol. The zero-order chi connectivity index (χ0) is 11.2. The predicted octanol–water partition coefficient (Wildman–Crippen LogP) is 2.65. The van der Waals surface area contributed by atoms with Crippen LogP contribution in [0.4, 0.5) is 4.39 Å². The molecule has 0 spiro atoms. The van der Waals surface area contributed by atoms with Gasteiger partial charge in [0.1, 0.15) is 5.82 Å². The summed E-state index contributed by atoms with van der Waals surface area (Å²) in [6.07, 6.45) is 2.33. The number of hydrogen-bond donors (Lipinski definition) is 0. The monoisotopic (exact) mass is 218 g/mol. The van der Waals surface area contributed by atoms with Crippen LogP contribution >= 0.6 is 0 Å². The zero-order valence-corrected chi connectivity index (χ0v) is 9.44. The van der Waals surface area contributed by atoms with E-state index in [1.807, 2.05) is 0 Å². The van der Waals surface area contributed by atoms with E-state index in [2.05, 4.69) is 13.8 Å². The summed E-state index contributed by atoms with van der Waals surface area (Å²) in [4.78, 5) is 0.138. The summed E-state index contributed by atoms with van der Waals surface area (Å²) in [6, 6.07) is 4.72. The van der Waals surface area contributed by atoms with Crippen LogP contribution < -0.4 is 0 Å². The third kappa shape index (κ3) is 4.97. The number of benzene rings is 1. The van der Waals surface area contributed by atoms with Crippen molar-refractivity contribution in [3.8, 4) is 0 Å². The van der Waals surface area contributed by atoms with Gasteiger partial charge in [-0.2, -0.15) is 0 Å². The van der Waals surface area contributed by atoms with Crippen molar-refractivity contribution < 1.29 is 12.8 Å². The molecule has 0 aliphatic rings. The number of sulfone groups is 1. The molecule has 2 nitrogen and oxygen atoms in total. The SMILES string of the molecule is CCC.CS(=O)(=O)c1ccc(F)cc1. The van der Waals surface area contributed by atoms with Gasteiger partial charge in [0.2, 0.25) is 0 Å². The zero-order valence-electron chi connectivity index (χ0n) is 8.62. The van der Waals surface area contributed by atoms with Gasteiger partial charge in [0.05, 0.1) is 4.90 Å². The first-order chi connectivity index (χ1) is 6.41. The molecule has 1 aromatic carbocycles. The van der Waals surface area contributed by atoms with Crippen molar-refractivity contribution in [1.82, 2.24) is 0 Å². The van der Waals surface area contributed by atoms with E-state index in [0.29, 0.717) is 0 Å². The highest BCUT2D eigenvalue weighted by molar-refractivity contribution is 7.90. The Morgan fingerprint density at radius 1 is 1.14 bits per heavy atom. The quantitative estimate of drug-likeness (QED) is 0.679. The molecule has 0 unspecified atom stereocenters. The van der Waals surface area contributed by atoms with E-state index in [1.54, 1.807) is 0 Å². The minimum Gasteiger partial charge on any atom is -0.224 e. The van der Waals surface area contributed by atoms with E-state index < -0.39 is 15.7 Å². The van der Waals surface area contributed by atoms with Gasteiger partial charge in [0.15, 0.2) is 9.84 Å². The maximum atomic E-state index is 12.3. The third-order valence-corrected chi connectivity index (χ3v) is 2.37. The van der Waals surface area contributed by atoms with E-state index in [0.717, 1.165) is 18.4 Å². The lowest BCUT2D eigenvalue weighted by molar-refractivity contribution is 0.600. The average Bonchev–Trinajstić information content (AvgIpc) is 2.04. The second-order valence-electron chi connectivity index (χ2n) is 2.93. The Morgan fingerprint density at radius 3 is 1.79 bits per heavy atom. The second-order valence-corrected chi connectivity index (χ2v) is 4.95. The molecule has 4 heteroatoms. The Balaban J connectivity index is 0.000000500. The molecule has 0 saturated carbocycles. The van der Waals surface area contributed by atoms with Gasteiger partial charge >= 0.3 is 0 Å². The van der Waals surface area contributed by atoms with Crippen LogP contribution in [0.3, 0.4) is 0 Å². The summed E-state index contributed by atoms with van der Waals surface area (Å²) in [5, 5.41) is 0. The van der Waals surface area contributed by atoms with Gasteiger partial charge < -0.3 is 0 Å². The van der Waals surface area contributed by atoms with E-state index in [1.165, 1.54) is 18.6 Å². The first-order valence-electron chi connectivity index (χ1n) is 4.37. The Labute approximate surface area is 84.7 Å². The summed E-state index contributed by atoms with van der Waals surface area (Å²) in [5.41, 5.74) is 0. The van der Waals surface area contributed by atoms with Crippen LogP contribution in [0.1, 0.15) is 20.3 Å². The van der Waals surface area contributed by atoms with Gasteiger partial charge in [0, 0.05) is 6.26 Å². The average molecular weight is 218 g/mol. The first-order valence-corrected chi connectivity index (χ1v) is 6.26. The van der Waals surface area contributed by atoms with Crippen molar-refractivity contribution in [2.45, 2.75) is 25.2 Å². The van der Waals surface area contributed by atoms with Gasteiger partial charge in [-0.05, 0) is 24.3 Å². The molecule has 0 atom stereocenters. The topological polar surface area (TPSA) is 34.1 Å². The van der Waals surface area contributed by atoms with Crippen LogP contribution in [0.15, 0.2) is 29.2 Å². The summed E-state index contributed by atoms with van der Waals surface area (Å²) >= 11 is 0. The van der Waals surface area contributed by atoms with Crippen LogP contribution in [0, 0.1) is 5.82 Å². The van der Waals surface area contributed by atoms with Crippen molar-refractivity contribution in [3.05, 3.63) is 30.1 Å². The third-order valence-electron chi connectivity index (χ3n) is 1.24. The lowest BCUT2D eigenvalue weighted by atomic mass is 10.4. The highest BCUT2D eigenvalue weighted by Gasteiger charge is 2.04. The van der Waals surface area contributed by atoms with Crippen molar-refractivity contribution in [3.63, 3.8) is 0 Å². The molecule has 0 amide bonds. The van der Waals surface area contributed by atoms with Crippen LogP contribution in [0.25, 0.3) is 0 Å². The van der Waals surface area contributed by atoms with Crippen molar-refractivity contribution in [2.24, 2.45) is 0 Å². The van der Waals surface area contributed by atoms with Crippen LogP contribution in [0.5, 0.6) is 0 Å². The number of halogens is 1. The van der Waals surface area contributed by atoms with Crippen molar-refractivity contribution in [1.29, 1.82) is 0 Å². The Morgan fingerprint density at radius 2 is 1.50 bits per heavy atom. The highest BCUT2D eigenvalue weighted by Crippen LogP contribution is 2.08. The molecule has 0 heterocycles. The van der Waals surface area contributed by atoms with Gasteiger partial charge in [0.25, 0.3) is 0 Å². The molecule has 0 saturated heterocycles. The molecule has 1 aromatic rings. The molecule has 0 bridgehead atoms. The molecule has 0 aliphatic carbocycles. The number of rotatable bonds is 1. The molecular formula is C10H15FO2S. The first kappa shape index (κ1) is 13.1. The lowest BCUT2D eigenvalue weighted by Gasteiger charge is -1.95. The maximum absolute atomic E-state index is 12.3. The Hall–Kier alpha value is -0.900. The van der Waals surface area contributed by atoms with E-state index in [4.69, 9.17) is 0 Å². The molecule has 14 heavy (non-hydrogen) atoms. The molecule has 0 N–H and O–H groups in total. The smallest absolute Gasteiger partial charge is 0.175 e. The second kappa shape index (κ2) is 5.75. The standard InChI is InChI=1S/C7H7FO2S.C3H8/c1-11(9,10)7-4-2-6(8)3-5-7;1-3-2/h2-5H,1H3;3H2,1-2H3. The van der Waals surface area contributed by atoms with Gasteiger partial charge in [-0.15, -0.1) is 0 Å². The van der Waals surface area contributed by atoms with E-state index in [-0.39, 0.29) is 4.90 Å². The molecule has 80 valence electrons. The largest absolute Gasteiger partial charge is 0.224 e. The fraction of sp³-hybridized carbons (Fsp3) is 0.400. The summed E-state index contributed by atoms with van der Waals surface area (Å²) in [6.45, 7) is 4.25.